The molecule has 1 heterocycles. The van der Waals surface area contributed by atoms with Gasteiger partial charge in [0, 0.05) is 24.9 Å². The van der Waals surface area contributed by atoms with Crippen LogP contribution in [0.15, 0.2) is 30.3 Å². The monoisotopic (exact) mass is 383 g/mol. The molecule has 0 spiro atoms. The number of nitrogens with zero attached hydrogens (tertiary/aromatic N) is 1. The second-order valence-corrected chi connectivity index (χ2v) is 8.90. The minimum absolute atomic E-state index is 0.0831. The van der Waals surface area contributed by atoms with E-state index in [4.69, 9.17) is 0 Å². The van der Waals surface area contributed by atoms with E-state index in [9.17, 15) is 14.4 Å². The van der Waals surface area contributed by atoms with Gasteiger partial charge in [-0.3, -0.25) is 14.5 Å². The van der Waals surface area contributed by atoms with Crippen LogP contribution >= 0.6 is 0 Å². The molecular weight excluding hydrogens is 354 g/mol. The molecule has 1 aliphatic heterocycles. The molecule has 6 heteroatoms. The fraction of sp³-hybridized carbons (Fsp3) is 0.591. The van der Waals surface area contributed by atoms with Crippen molar-refractivity contribution in [2.24, 2.45) is 11.8 Å². The first-order valence-corrected chi connectivity index (χ1v) is 10.4. The van der Waals surface area contributed by atoms with Gasteiger partial charge in [-0.25, -0.2) is 4.79 Å². The summed E-state index contributed by atoms with van der Waals surface area (Å²) in [4.78, 5) is 38.1. The third-order valence-electron chi connectivity index (χ3n) is 6.70. The van der Waals surface area contributed by atoms with Crippen LogP contribution < -0.4 is 10.6 Å². The van der Waals surface area contributed by atoms with Gasteiger partial charge in [-0.1, -0.05) is 43.2 Å². The molecule has 4 atom stereocenters. The zero-order valence-corrected chi connectivity index (χ0v) is 16.6. The number of nitrogens with one attached hydrogen (secondary N) is 2. The van der Waals surface area contributed by atoms with Crippen molar-refractivity contribution in [3.8, 4) is 0 Å². The van der Waals surface area contributed by atoms with Gasteiger partial charge in [0.05, 0.1) is 0 Å². The maximum atomic E-state index is 12.6. The van der Waals surface area contributed by atoms with E-state index in [1.807, 2.05) is 6.07 Å². The van der Waals surface area contributed by atoms with Gasteiger partial charge >= 0.3 is 6.03 Å². The van der Waals surface area contributed by atoms with Crippen LogP contribution in [0.3, 0.4) is 0 Å². The molecule has 4 rings (SSSR count). The summed E-state index contributed by atoms with van der Waals surface area (Å²) in [5.74, 6) is 1.20. The fourth-order valence-corrected chi connectivity index (χ4v) is 5.29. The minimum Gasteiger partial charge on any atom is -0.352 e. The van der Waals surface area contributed by atoms with Crippen molar-refractivity contribution in [2.75, 3.05) is 6.54 Å². The van der Waals surface area contributed by atoms with Crippen molar-refractivity contribution >= 4 is 17.8 Å². The van der Waals surface area contributed by atoms with Crippen LogP contribution in [0.2, 0.25) is 0 Å². The third-order valence-corrected chi connectivity index (χ3v) is 6.70. The van der Waals surface area contributed by atoms with Crippen LogP contribution in [-0.2, 0) is 9.59 Å². The molecule has 1 aromatic rings. The number of urea groups is 1. The number of carbonyl (C=O) groups is 3. The van der Waals surface area contributed by atoms with Gasteiger partial charge < -0.3 is 10.6 Å². The highest BCUT2D eigenvalue weighted by molar-refractivity contribution is 6.06. The van der Waals surface area contributed by atoms with Gasteiger partial charge in [-0.2, -0.15) is 0 Å². The number of fused-ring (bicyclic) bond motifs is 1. The van der Waals surface area contributed by atoms with E-state index in [-0.39, 0.29) is 30.8 Å². The lowest BCUT2D eigenvalue weighted by Crippen LogP contribution is -2.59. The molecule has 150 valence electrons. The molecular formula is C22H29N3O3. The number of hydrogen-bond donors (Lipinski definition) is 2. The Morgan fingerprint density at radius 3 is 2.46 bits per heavy atom. The van der Waals surface area contributed by atoms with Gasteiger partial charge in [0.25, 0.3) is 5.91 Å². The molecule has 1 aromatic carbocycles. The van der Waals surface area contributed by atoms with Crippen molar-refractivity contribution in [3.05, 3.63) is 35.9 Å². The number of rotatable bonds is 5. The predicted molar refractivity (Wildman–Crippen MR) is 106 cm³/mol. The van der Waals surface area contributed by atoms with Crippen LogP contribution in [0.1, 0.15) is 57.4 Å². The second kappa shape index (κ2) is 7.22. The molecule has 2 N–H and O–H groups in total. The SMILES string of the molecule is CC1(C)NC(=O)N(CCC(=O)N[C@H]2C3CCCCC3[C@@H]2c2ccccc2)C1=O. The van der Waals surface area contributed by atoms with E-state index in [2.05, 4.69) is 34.9 Å². The number of imide groups is 1. The molecule has 2 saturated carbocycles. The van der Waals surface area contributed by atoms with Gasteiger partial charge in [0.1, 0.15) is 5.54 Å². The summed E-state index contributed by atoms with van der Waals surface area (Å²) in [6.07, 6.45) is 5.04. The Labute approximate surface area is 166 Å². The minimum atomic E-state index is -0.894. The van der Waals surface area contributed by atoms with E-state index >= 15 is 0 Å². The second-order valence-electron chi connectivity index (χ2n) is 8.90. The van der Waals surface area contributed by atoms with E-state index < -0.39 is 11.6 Å². The highest BCUT2D eigenvalue weighted by Crippen LogP contribution is 2.54. The molecule has 2 unspecified atom stereocenters. The summed E-state index contributed by atoms with van der Waals surface area (Å²) in [5.41, 5.74) is 0.404. The summed E-state index contributed by atoms with van der Waals surface area (Å²) in [7, 11) is 0. The molecule has 0 radical (unpaired) electrons. The first-order valence-electron chi connectivity index (χ1n) is 10.4. The molecule has 0 aromatic heterocycles. The molecule has 3 fully saturated rings. The van der Waals surface area contributed by atoms with Gasteiger partial charge in [-0.05, 0) is 44.1 Å². The maximum Gasteiger partial charge on any atom is 0.325 e. The molecule has 3 aliphatic rings. The van der Waals surface area contributed by atoms with Crippen LogP contribution in [0.4, 0.5) is 4.79 Å². The Morgan fingerprint density at radius 2 is 1.82 bits per heavy atom. The smallest absolute Gasteiger partial charge is 0.325 e. The molecule has 2 aliphatic carbocycles. The number of carbonyl (C=O) groups excluding carboxylic acids is 3. The zero-order valence-electron chi connectivity index (χ0n) is 16.6. The summed E-state index contributed by atoms with van der Waals surface area (Å²) in [6.45, 7) is 3.47. The van der Waals surface area contributed by atoms with Gasteiger partial charge in [0.2, 0.25) is 5.91 Å². The predicted octanol–water partition coefficient (Wildman–Crippen LogP) is 2.80. The van der Waals surface area contributed by atoms with Crippen molar-refractivity contribution in [1.82, 2.24) is 15.5 Å². The topological polar surface area (TPSA) is 78.5 Å². The number of amides is 4. The summed E-state index contributed by atoms with van der Waals surface area (Å²) in [5, 5.41) is 5.88. The molecule has 6 nitrogen and oxygen atoms in total. The summed E-state index contributed by atoms with van der Waals surface area (Å²) in [6, 6.07) is 10.2. The number of benzene rings is 1. The average Bonchev–Trinajstić information content (AvgIpc) is 2.86. The molecule has 28 heavy (non-hydrogen) atoms. The first-order chi connectivity index (χ1) is 13.4. The Morgan fingerprint density at radius 1 is 1.14 bits per heavy atom. The van der Waals surface area contributed by atoms with E-state index in [0.717, 1.165) is 4.90 Å². The van der Waals surface area contributed by atoms with Crippen LogP contribution in [-0.4, -0.2) is 40.9 Å². The van der Waals surface area contributed by atoms with Crippen LogP contribution in [0, 0.1) is 11.8 Å². The average molecular weight is 383 g/mol. The third kappa shape index (κ3) is 3.29. The zero-order chi connectivity index (χ0) is 19.9. The quantitative estimate of drug-likeness (QED) is 0.768. The summed E-state index contributed by atoms with van der Waals surface area (Å²) >= 11 is 0. The van der Waals surface area contributed by atoms with Crippen molar-refractivity contribution in [1.29, 1.82) is 0 Å². The van der Waals surface area contributed by atoms with Crippen molar-refractivity contribution in [3.63, 3.8) is 0 Å². The Hall–Kier alpha value is -2.37. The van der Waals surface area contributed by atoms with Crippen LogP contribution in [0.25, 0.3) is 0 Å². The fourth-order valence-electron chi connectivity index (χ4n) is 5.29. The van der Waals surface area contributed by atoms with Gasteiger partial charge in [0.15, 0.2) is 0 Å². The van der Waals surface area contributed by atoms with E-state index in [0.29, 0.717) is 17.8 Å². The first kappa shape index (κ1) is 19.0. The Bertz CT molecular complexity index is 776. The highest BCUT2D eigenvalue weighted by Gasteiger charge is 2.51. The summed E-state index contributed by atoms with van der Waals surface area (Å²) < 4.78 is 0. The Balaban J connectivity index is 1.39. The van der Waals surface area contributed by atoms with Crippen LogP contribution in [0.5, 0.6) is 0 Å². The lowest BCUT2D eigenvalue weighted by molar-refractivity contribution is -0.131. The number of hydrogen-bond acceptors (Lipinski definition) is 3. The normalized spacial score (nSPS) is 31.0. The van der Waals surface area contributed by atoms with Gasteiger partial charge in [-0.15, -0.1) is 0 Å². The molecule has 4 amide bonds. The van der Waals surface area contributed by atoms with Crippen molar-refractivity contribution in [2.45, 2.75) is 63.5 Å². The molecule has 1 saturated heterocycles. The van der Waals surface area contributed by atoms with Crippen molar-refractivity contribution < 1.29 is 14.4 Å². The largest absolute Gasteiger partial charge is 0.352 e. The maximum absolute atomic E-state index is 12.6. The standard InChI is InChI=1S/C22H29N3O3/c1-22(2)20(27)25(21(28)24-22)13-12-17(26)23-19-16-11-7-6-10-15(16)18(19)14-8-4-3-5-9-14/h3-5,8-9,15-16,18-19H,6-7,10-13H2,1-2H3,(H,23,26)(H,24,28)/t15?,16?,18-,19-/m0/s1. The lowest BCUT2D eigenvalue weighted by atomic mass is 9.53. The van der Waals surface area contributed by atoms with E-state index in [1.54, 1.807) is 13.8 Å². The van der Waals surface area contributed by atoms with E-state index in [1.165, 1.54) is 31.2 Å². The highest BCUT2D eigenvalue weighted by atomic mass is 16.2. The molecule has 0 bridgehead atoms. The lowest BCUT2D eigenvalue weighted by Gasteiger charge is -2.55. The Kier molecular flexibility index (Phi) is 4.89.